The summed E-state index contributed by atoms with van der Waals surface area (Å²) in [5.41, 5.74) is 2.26. The van der Waals surface area contributed by atoms with Crippen LogP contribution in [0.15, 0.2) is 72.8 Å². The van der Waals surface area contributed by atoms with Crippen molar-refractivity contribution in [1.82, 2.24) is 0 Å². The van der Waals surface area contributed by atoms with Crippen LogP contribution in [0.3, 0.4) is 0 Å². The standard InChI is InChI=1S/C25H28O4/c1-18(26)29-21(13-12-19-8-4-2-5-9-19)14-15-22-23(25(28)17-24(22)27)16-20-10-6-3-7-11-20/h2-11,14-15,21-24,27H,12-13,16-17H2,1H3/t21-,22+,23+,24+/m0/s1. The number of benzene rings is 2. The van der Waals surface area contributed by atoms with E-state index < -0.39 is 6.10 Å². The number of carbonyl (C=O) groups excluding carboxylic acids is 2. The van der Waals surface area contributed by atoms with Crippen molar-refractivity contribution in [1.29, 1.82) is 0 Å². The second-order valence-electron chi connectivity index (χ2n) is 7.67. The highest BCUT2D eigenvalue weighted by Crippen LogP contribution is 2.33. The summed E-state index contributed by atoms with van der Waals surface area (Å²) in [6, 6.07) is 19.9. The first-order chi connectivity index (χ1) is 14.0. The third-order valence-corrected chi connectivity index (χ3v) is 5.46. The SMILES string of the molecule is CC(=O)O[C@H](C=C[C@H]1[C@H](O)CC(=O)[C@@H]1Cc1ccccc1)CCc1ccccc1. The third kappa shape index (κ3) is 6.13. The predicted molar refractivity (Wildman–Crippen MR) is 112 cm³/mol. The molecule has 0 unspecified atom stereocenters. The number of aryl methyl sites for hydroxylation is 1. The van der Waals surface area contributed by atoms with E-state index in [-0.39, 0.29) is 36.1 Å². The summed E-state index contributed by atoms with van der Waals surface area (Å²) in [4.78, 5) is 24.0. The number of aliphatic hydroxyl groups is 1. The molecule has 4 atom stereocenters. The Bertz CT molecular complexity index is 828. The molecule has 0 aromatic heterocycles. The predicted octanol–water partition coefficient (Wildman–Crippen LogP) is 3.92. The van der Waals surface area contributed by atoms with Crippen molar-refractivity contribution in [3.05, 3.63) is 83.9 Å². The maximum Gasteiger partial charge on any atom is 0.303 e. The topological polar surface area (TPSA) is 63.6 Å². The third-order valence-electron chi connectivity index (χ3n) is 5.46. The van der Waals surface area contributed by atoms with Gasteiger partial charge in [0.05, 0.1) is 6.10 Å². The van der Waals surface area contributed by atoms with Crippen molar-refractivity contribution in [3.8, 4) is 0 Å². The number of esters is 1. The molecule has 1 aliphatic rings. The zero-order valence-corrected chi connectivity index (χ0v) is 16.7. The molecule has 29 heavy (non-hydrogen) atoms. The summed E-state index contributed by atoms with van der Waals surface area (Å²) in [5.74, 6) is -0.769. The molecule has 4 nitrogen and oxygen atoms in total. The van der Waals surface area contributed by atoms with E-state index in [9.17, 15) is 14.7 Å². The highest BCUT2D eigenvalue weighted by molar-refractivity contribution is 5.85. The molecule has 0 amide bonds. The molecule has 0 bridgehead atoms. The van der Waals surface area contributed by atoms with Gasteiger partial charge in [-0.05, 0) is 36.5 Å². The first kappa shape index (κ1) is 21.0. The Morgan fingerprint density at radius 2 is 1.72 bits per heavy atom. The van der Waals surface area contributed by atoms with Gasteiger partial charge in [-0.1, -0.05) is 66.7 Å². The molecule has 0 aliphatic heterocycles. The van der Waals surface area contributed by atoms with E-state index in [0.717, 1.165) is 12.0 Å². The van der Waals surface area contributed by atoms with Crippen LogP contribution in [0.2, 0.25) is 0 Å². The van der Waals surface area contributed by atoms with Gasteiger partial charge in [-0.3, -0.25) is 9.59 Å². The summed E-state index contributed by atoms with van der Waals surface area (Å²) < 4.78 is 5.46. The van der Waals surface area contributed by atoms with Crippen LogP contribution in [-0.2, 0) is 27.2 Å². The van der Waals surface area contributed by atoms with Crippen molar-refractivity contribution in [2.45, 2.75) is 44.8 Å². The van der Waals surface area contributed by atoms with Gasteiger partial charge in [-0.2, -0.15) is 0 Å². The van der Waals surface area contributed by atoms with Gasteiger partial charge >= 0.3 is 5.97 Å². The van der Waals surface area contributed by atoms with E-state index in [1.165, 1.54) is 12.5 Å². The fraction of sp³-hybridized carbons (Fsp3) is 0.360. The van der Waals surface area contributed by atoms with Crippen LogP contribution in [0.4, 0.5) is 0 Å². The monoisotopic (exact) mass is 392 g/mol. The van der Waals surface area contributed by atoms with Crippen LogP contribution in [0.5, 0.6) is 0 Å². The van der Waals surface area contributed by atoms with Gasteiger partial charge in [-0.15, -0.1) is 0 Å². The molecule has 2 aromatic rings. The second-order valence-corrected chi connectivity index (χ2v) is 7.67. The Morgan fingerprint density at radius 1 is 1.10 bits per heavy atom. The minimum atomic E-state index is -0.695. The number of aliphatic hydroxyl groups excluding tert-OH is 1. The molecule has 0 heterocycles. The molecule has 152 valence electrons. The molecule has 0 radical (unpaired) electrons. The molecule has 4 heteroatoms. The maximum atomic E-state index is 12.5. The van der Waals surface area contributed by atoms with Gasteiger partial charge in [0.15, 0.2) is 0 Å². The van der Waals surface area contributed by atoms with Gasteiger partial charge in [0, 0.05) is 25.2 Å². The molecular weight excluding hydrogens is 364 g/mol. The van der Waals surface area contributed by atoms with Gasteiger partial charge < -0.3 is 9.84 Å². The summed E-state index contributed by atoms with van der Waals surface area (Å²) in [6.45, 7) is 1.40. The minimum Gasteiger partial charge on any atom is -0.458 e. The summed E-state index contributed by atoms with van der Waals surface area (Å²) in [6.07, 6.45) is 4.86. The Labute approximate surface area is 172 Å². The number of carbonyl (C=O) groups is 2. The smallest absolute Gasteiger partial charge is 0.303 e. The van der Waals surface area contributed by atoms with E-state index in [0.29, 0.717) is 12.8 Å². The number of ketones is 1. The van der Waals surface area contributed by atoms with Crippen LogP contribution >= 0.6 is 0 Å². The average Bonchev–Trinajstić information content (AvgIpc) is 2.98. The summed E-state index contributed by atoms with van der Waals surface area (Å²) in [7, 11) is 0. The van der Waals surface area contributed by atoms with Crippen molar-refractivity contribution in [3.63, 3.8) is 0 Å². The van der Waals surface area contributed by atoms with E-state index in [1.54, 1.807) is 0 Å². The molecule has 1 N–H and O–H groups in total. The van der Waals surface area contributed by atoms with Crippen LogP contribution in [0, 0.1) is 11.8 Å². The normalized spacial score (nSPS) is 22.7. The summed E-state index contributed by atoms with van der Waals surface area (Å²) in [5, 5.41) is 10.4. The molecular formula is C25H28O4. The van der Waals surface area contributed by atoms with Gasteiger partial charge in [-0.25, -0.2) is 0 Å². The van der Waals surface area contributed by atoms with Crippen LogP contribution in [-0.4, -0.2) is 29.1 Å². The Morgan fingerprint density at radius 3 is 2.34 bits per heavy atom. The van der Waals surface area contributed by atoms with E-state index in [2.05, 4.69) is 0 Å². The number of ether oxygens (including phenoxy) is 1. The largest absolute Gasteiger partial charge is 0.458 e. The minimum absolute atomic E-state index is 0.0873. The molecule has 1 fully saturated rings. The lowest BCUT2D eigenvalue weighted by Crippen LogP contribution is -2.22. The van der Waals surface area contributed by atoms with E-state index >= 15 is 0 Å². The maximum absolute atomic E-state index is 12.5. The molecule has 1 saturated carbocycles. The Kier molecular flexibility index (Phi) is 7.36. The molecule has 2 aromatic carbocycles. The molecule has 1 aliphatic carbocycles. The number of hydrogen-bond donors (Lipinski definition) is 1. The van der Waals surface area contributed by atoms with Crippen LogP contribution < -0.4 is 0 Å². The zero-order chi connectivity index (χ0) is 20.6. The van der Waals surface area contributed by atoms with Gasteiger partial charge in [0.2, 0.25) is 0 Å². The Balaban J connectivity index is 1.69. The van der Waals surface area contributed by atoms with Crippen molar-refractivity contribution in [2.75, 3.05) is 0 Å². The van der Waals surface area contributed by atoms with Crippen molar-refractivity contribution < 1.29 is 19.4 Å². The van der Waals surface area contributed by atoms with E-state index in [4.69, 9.17) is 4.74 Å². The highest BCUT2D eigenvalue weighted by Gasteiger charge is 2.39. The Hall–Kier alpha value is -2.72. The first-order valence-electron chi connectivity index (χ1n) is 10.2. The van der Waals surface area contributed by atoms with Gasteiger partial charge in [0.1, 0.15) is 11.9 Å². The first-order valence-corrected chi connectivity index (χ1v) is 10.2. The summed E-state index contributed by atoms with van der Waals surface area (Å²) >= 11 is 0. The number of hydrogen-bond acceptors (Lipinski definition) is 4. The zero-order valence-electron chi connectivity index (χ0n) is 16.7. The van der Waals surface area contributed by atoms with Crippen LogP contribution in [0.25, 0.3) is 0 Å². The number of Topliss-reactive ketones (excluding diaryl/α,β-unsaturated/α-hetero) is 1. The van der Waals surface area contributed by atoms with Crippen LogP contribution in [0.1, 0.15) is 30.9 Å². The highest BCUT2D eigenvalue weighted by atomic mass is 16.5. The lowest BCUT2D eigenvalue weighted by Gasteiger charge is -2.19. The quantitative estimate of drug-likeness (QED) is 0.546. The average molecular weight is 392 g/mol. The van der Waals surface area contributed by atoms with Crippen molar-refractivity contribution in [2.24, 2.45) is 11.8 Å². The van der Waals surface area contributed by atoms with Gasteiger partial charge in [0.25, 0.3) is 0 Å². The van der Waals surface area contributed by atoms with E-state index in [1.807, 2.05) is 72.8 Å². The molecule has 3 rings (SSSR count). The lowest BCUT2D eigenvalue weighted by atomic mass is 9.87. The lowest BCUT2D eigenvalue weighted by molar-refractivity contribution is -0.144. The fourth-order valence-corrected chi connectivity index (χ4v) is 3.97. The van der Waals surface area contributed by atoms with Crippen molar-refractivity contribution >= 4 is 11.8 Å². The fourth-order valence-electron chi connectivity index (χ4n) is 3.97. The number of rotatable bonds is 8. The second kappa shape index (κ2) is 10.2. The molecule has 0 saturated heterocycles. The molecule has 0 spiro atoms.